The molecule has 0 spiro atoms. The van der Waals surface area contributed by atoms with Gasteiger partial charge in [-0.1, -0.05) is 50.6 Å². The average Bonchev–Trinajstić information content (AvgIpc) is 2.83. The van der Waals surface area contributed by atoms with Crippen LogP contribution in [-0.4, -0.2) is 24.6 Å². The molecule has 0 aliphatic rings. The third-order valence-electron chi connectivity index (χ3n) is 6.35. The number of amides is 2. The zero-order valence-corrected chi connectivity index (χ0v) is 21.1. The topological polar surface area (TPSA) is 58.6 Å². The van der Waals surface area contributed by atoms with Crippen molar-refractivity contribution in [2.75, 3.05) is 11.9 Å². The van der Waals surface area contributed by atoms with Gasteiger partial charge in [0.05, 0.1) is 11.5 Å². The van der Waals surface area contributed by atoms with Crippen molar-refractivity contribution in [1.82, 2.24) is 5.32 Å². The third-order valence-corrected chi connectivity index (χ3v) is 6.35. The zero-order valence-electron chi connectivity index (χ0n) is 21.1. The number of carbonyl (C=O) groups is 2. The van der Waals surface area contributed by atoms with Crippen molar-refractivity contribution in [2.24, 2.45) is 5.92 Å². The van der Waals surface area contributed by atoms with Crippen LogP contribution in [0.25, 0.3) is 0 Å². The number of carbonyl (C=O) groups excluding carboxylic acids is 2. The average molecular weight is 495 g/mol. The first-order valence-electron chi connectivity index (χ1n) is 12.0. The van der Waals surface area contributed by atoms with E-state index in [4.69, 9.17) is 4.74 Å². The van der Waals surface area contributed by atoms with E-state index in [0.717, 1.165) is 18.9 Å². The van der Waals surface area contributed by atoms with Gasteiger partial charge in [0.15, 0.2) is 0 Å². The first-order chi connectivity index (χ1) is 17.1. The zero-order chi connectivity index (χ0) is 26.3. The largest absolute Gasteiger partial charge is 0.413 e. The molecule has 5 nitrogen and oxygen atoms in total. The Hall–Kier alpha value is -3.74. The predicted molar refractivity (Wildman–Crippen MR) is 137 cm³/mol. The van der Waals surface area contributed by atoms with E-state index in [1.54, 1.807) is 51.2 Å². The van der Waals surface area contributed by atoms with E-state index in [1.165, 1.54) is 22.6 Å². The van der Waals surface area contributed by atoms with E-state index in [9.17, 15) is 18.4 Å². The fourth-order valence-electron chi connectivity index (χ4n) is 4.16. The van der Waals surface area contributed by atoms with Crippen LogP contribution < -0.4 is 15.0 Å². The molecule has 0 heterocycles. The van der Waals surface area contributed by atoms with Gasteiger partial charge in [-0.2, -0.15) is 0 Å². The van der Waals surface area contributed by atoms with Crippen LogP contribution in [0.4, 0.5) is 19.3 Å². The first-order valence-corrected chi connectivity index (χ1v) is 12.0. The molecular weight excluding hydrogens is 462 g/mol. The number of halogens is 2. The molecule has 1 N–H and O–H groups in total. The van der Waals surface area contributed by atoms with Gasteiger partial charge in [0.1, 0.15) is 17.4 Å². The summed E-state index contributed by atoms with van der Waals surface area (Å²) in [5.41, 5.74) is 0.969. The lowest BCUT2D eigenvalue weighted by Crippen LogP contribution is -2.57. The summed E-state index contributed by atoms with van der Waals surface area (Å²) in [5, 5.41) is 2.79. The summed E-state index contributed by atoms with van der Waals surface area (Å²) in [7, 11) is 1.66. The Kier molecular flexibility index (Phi) is 8.80. The van der Waals surface area contributed by atoms with E-state index in [0.29, 0.717) is 17.0 Å². The summed E-state index contributed by atoms with van der Waals surface area (Å²) in [6.45, 7) is 5.46. The van der Waals surface area contributed by atoms with E-state index < -0.39 is 29.2 Å². The molecule has 0 bridgehead atoms. The summed E-state index contributed by atoms with van der Waals surface area (Å²) < 4.78 is 33.2. The van der Waals surface area contributed by atoms with Gasteiger partial charge in [-0.15, -0.1) is 0 Å². The van der Waals surface area contributed by atoms with E-state index >= 15 is 0 Å². The lowest BCUT2D eigenvalue weighted by atomic mass is 9.80. The maximum absolute atomic E-state index is 13.9. The van der Waals surface area contributed by atoms with Gasteiger partial charge >= 0.3 is 6.09 Å². The molecule has 1 unspecified atom stereocenters. The molecule has 0 aliphatic heterocycles. The number of anilines is 1. The van der Waals surface area contributed by atoms with Crippen molar-refractivity contribution in [3.8, 4) is 5.75 Å². The van der Waals surface area contributed by atoms with Crippen molar-refractivity contribution in [3.63, 3.8) is 0 Å². The lowest BCUT2D eigenvalue weighted by molar-refractivity contribution is -0.123. The van der Waals surface area contributed by atoms with E-state index in [1.807, 2.05) is 24.3 Å². The Labute approximate surface area is 211 Å². The molecule has 3 aromatic rings. The summed E-state index contributed by atoms with van der Waals surface area (Å²) >= 11 is 0. The van der Waals surface area contributed by atoms with Crippen molar-refractivity contribution in [3.05, 3.63) is 95.6 Å². The van der Waals surface area contributed by atoms with Crippen LogP contribution in [0.2, 0.25) is 0 Å². The molecule has 2 amide bonds. The Morgan fingerprint density at radius 1 is 0.972 bits per heavy atom. The standard InChI is InChI=1S/C29H32F2N2O3/c1-5-9-21-12-14-25(15-13-21)33(4)27(34)20(2)29(3,19-22-16-23(30)18-24(31)17-22)32-28(35)36-26-10-7-6-8-11-26/h6-8,10-18,20H,5,9,19H2,1-4H3,(H,32,35)/t20?,29-/m1/s1. The molecule has 0 aliphatic carbocycles. The van der Waals surface area contributed by atoms with E-state index in [2.05, 4.69) is 12.2 Å². The normalized spacial score (nSPS) is 13.4. The van der Waals surface area contributed by atoms with Crippen molar-refractivity contribution >= 4 is 17.7 Å². The van der Waals surface area contributed by atoms with Gasteiger partial charge in [-0.25, -0.2) is 13.6 Å². The van der Waals surface area contributed by atoms with Crippen molar-refractivity contribution in [1.29, 1.82) is 0 Å². The fourth-order valence-corrected chi connectivity index (χ4v) is 4.16. The molecule has 7 heteroatoms. The summed E-state index contributed by atoms with van der Waals surface area (Å²) in [5.74, 6) is -2.17. The van der Waals surface area contributed by atoms with Gasteiger partial charge < -0.3 is 15.0 Å². The molecule has 3 rings (SSSR count). The predicted octanol–water partition coefficient (Wildman–Crippen LogP) is 6.31. The highest BCUT2D eigenvalue weighted by molar-refractivity contribution is 5.95. The van der Waals surface area contributed by atoms with Gasteiger partial charge in [0.2, 0.25) is 5.91 Å². The minimum absolute atomic E-state index is 0.00174. The summed E-state index contributed by atoms with van der Waals surface area (Å²) in [4.78, 5) is 27.9. The Balaban J connectivity index is 1.87. The number of nitrogens with one attached hydrogen (secondary N) is 1. The van der Waals surface area contributed by atoms with Crippen LogP contribution in [0.15, 0.2) is 72.8 Å². The number of benzene rings is 3. The highest BCUT2D eigenvalue weighted by atomic mass is 19.1. The molecule has 3 aromatic carbocycles. The number of hydrogen-bond donors (Lipinski definition) is 1. The molecule has 2 atom stereocenters. The highest BCUT2D eigenvalue weighted by Crippen LogP contribution is 2.28. The second-order valence-electron chi connectivity index (χ2n) is 9.23. The molecule has 0 saturated heterocycles. The minimum atomic E-state index is -1.22. The number of ether oxygens (including phenoxy) is 1. The number of nitrogens with zero attached hydrogens (tertiary/aromatic N) is 1. The Morgan fingerprint density at radius 3 is 2.17 bits per heavy atom. The van der Waals surface area contributed by atoms with Gasteiger partial charge in [0, 0.05) is 18.8 Å². The highest BCUT2D eigenvalue weighted by Gasteiger charge is 2.40. The number of hydrogen-bond acceptors (Lipinski definition) is 3. The first kappa shape index (κ1) is 26.9. The van der Waals surface area contributed by atoms with Gasteiger partial charge in [-0.05, 0) is 67.3 Å². The Morgan fingerprint density at radius 2 is 1.58 bits per heavy atom. The SMILES string of the molecule is CCCc1ccc(N(C)C(=O)C(C)[C@@](C)(Cc2cc(F)cc(F)c2)NC(=O)Oc2ccccc2)cc1. The lowest BCUT2D eigenvalue weighted by Gasteiger charge is -2.37. The molecule has 0 fully saturated rings. The monoisotopic (exact) mass is 494 g/mol. The van der Waals surface area contributed by atoms with Crippen LogP contribution >= 0.6 is 0 Å². The fraction of sp³-hybridized carbons (Fsp3) is 0.310. The maximum Gasteiger partial charge on any atom is 0.413 e. The molecule has 0 saturated carbocycles. The van der Waals surface area contributed by atoms with Crippen molar-refractivity contribution in [2.45, 2.75) is 45.6 Å². The summed E-state index contributed by atoms with van der Waals surface area (Å²) in [6, 6.07) is 19.4. The molecular formula is C29H32F2N2O3. The quantitative estimate of drug-likeness (QED) is 0.379. The molecule has 0 radical (unpaired) electrons. The van der Waals surface area contributed by atoms with Crippen LogP contribution in [-0.2, 0) is 17.6 Å². The molecule has 190 valence electrons. The molecule has 0 aromatic heterocycles. The summed E-state index contributed by atoms with van der Waals surface area (Å²) in [6.07, 6.45) is 1.20. The second kappa shape index (κ2) is 11.8. The Bertz CT molecular complexity index is 1160. The number of rotatable bonds is 9. The van der Waals surface area contributed by atoms with Crippen molar-refractivity contribution < 1.29 is 23.1 Å². The van der Waals surface area contributed by atoms with Crippen LogP contribution in [0, 0.1) is 17.6 Å². The van der Waals surface area contributed by atoms with Crippen LogP contribution in [0.1, 0.15) is 38.3 Å². The second-order valence-corrected chi connectivity index (χ2v) is 9.23. The number of para-hydroxylation sites is 1. The third kappa shape index (κ3) is 6.90. The smallest absolute Gasteiger partial charge is 0.410 e. The maximum atomic E-state index is 13.9. The van der Waals surface area contributed by atoms with Crippen LogP contribution in [0.3, 0.4) is 0 Å². The van der Waals surface area contributed by atoms with E-state index in [-0.39, 0.29) is 12.3 Å². The van der Waals surface area contributed by atoms with Crippen LogP contribution in [0.5, 0.6) is 5.75 Å². The minimum Gasteiger partial charge on any atom is -0.410 e. The number of aryl methyl sites for hydroxylation is 1. The van der Waals surface area contributed by atoms with Gasteiger partial charge in [0.25, 0.3) is 0 Å². The molecule has 36 heavy (non-hydrogen) atoms. The van der Waals surface area contributed by atoms with Gasteiger partial charge in [-0.3, -0.25) is 4.79 Å².